The lowest BCUT2D eigenvalue weighted by atomic mass is 10.2. The van der Waals surface area contributed by atoms with Gasteiger partial charge in [-0.25, -0.2) is 4.39 Å². The molecule has 1 heterocycles. The van der Waals surface area contributed by atoms with Crippen LogP contribution < -0.4 is 0 Å². The molecule has 122 valence electrons. The predicted molar refractivity (Wildman–Crippen MR) is 89.2 cm³/mol. The molecule has 0 spiro atoms. The number of aromatic hydroxyl groups is 1. The number of aromatic nitrogens is 1. The van der Waals surface area contributed by atoms with E-state index in [1.807, 2.05) is 38.1 Å². The van der Waals surface area contributed by atoms with Gasteiger partial charge in [0.25, 0.3) is 5.91 Å². The minimum absolute atomic E-state index is 0.0200. The Bertz CT molecular complexity index is 927. The van der Waals surface area contributed by atoms with Gasteiger partial charge in [-0.3, -0.25) is 4.79 Å². The number of amides is 1. The maximum Gasteiger partial charge on any atom is 0.295 e. The summed E-state index contributed by atoms with van der Waals surface area (Å²) in [6.07, 6.45) is 0. The van der Waals surface area contributed by atoms with Crippen molar-refractivity contribution in [3.63, 3.8) is 0 Å². The van der Waals surface area contributed by atoms with Crippen molar-refractivity contribution in [3.05, 3.63) is 59.9 Å². The molecule has 0 aliphatic heterocycles. The van der Waals surface area contributed by atoms with E-state index in [0.717, 1.165) is 5.52 Å². The monoisotopic (exact) mass is 325 g/mol. The van der Waals surface area contributed by atoms with Crippen LogP contribution in [0.1, 0.15) is 30.2 Å². The van der Waals surface area contributed by atoms with Crippen molar-refractivity contribution in [2.24, 2.45) is 10.2 Å². The number of nitrogens with zero attached hydrogens (tertiary/aromatic N) is 3. The highest BCUT2D eigenvalue weighted by Crippen LogP contribution is 2.40. The van der Waals surface area contributed by atoms with Crippen molar-refractivity contribution in [1.82, 2.24) is 4.57 Å². The first-order chi connectivity index (χ1) is 11.5. The van der Waals surface area contributed by atoms with Crippen LogP contribution in [0.15, 0.2) is 58.8 Å². The van der Waals surface area contributed by atoms with Crippen molar-refractivity contribution < 1.29 is 14.3 Å². The Labute approximate surface area is 138 Å². The van der Waals surface area contributed by atoms with Gasteiger partial charge in [0.15, 0.2) is 5.69 Å². The van der Waals surface area contributed by atoms with E-state index >= 15 is 0 Å². The second-order valence-electron chi connectivity index (χ2n) is 5.67. The highest BCUT2D eigenvalue weighted by molar-refractivity contribution is 5.97. The number of carbonyl (C=O) groups is 1. The molecule has 0 unspecified atom stereocenters. The molecule has 3 rings (SSSR count). The topological polar surface area (TPSA) is 66.9 Å². The van der Waals surface area contributed by atoms with Gasteiger partial charge in [-0.1, -0.05) is 18.2 Å². The van der Waals surface area contributed by atoms with Crippen LogP contribution >= 0.6 is 0 Å². The summed E-state index contributed by atoms with van der Waals surface area (Å²) in [4.78, 5) is 12.0. The second-order valence-corrected chi connectivity index (χ2v) is 5.67. The summed E-state index contributed by atoms with van der Waals surface area (Å²) in [7, 11) is 0. The Morgan fingerprint density at radius 3 is 2.46 bits per heavy atom. The van der Waals surface area contributed by atoms with Gasteiger partial charge in [0.2, 0.25) is 5.88 Å². The molecule has 0 saturated heterocycles. The van der Waals surface area contributed by atoms with Crippen molar-refractivity contribution in [2.45, 2.75) is 19.9 Å². The second kappa shape index (κ2) is 6.23. The summed E-state index contributed by atoms with van der Waals surface area (Å²) in [6, 6.07) is 12.4. The van der Waals surface area contributed by atoms with Gasteiger partial charge in [-0.2, -0.15) is 0 Å². The number of fused-ring (bicyclic) bond motifs is 1. The van der Waals surface area contributed by atoms with Gasteiger partial charge in [-0.05, 0) is 44.2 Å². The van der Waals surface area contributed by atoms with E-state index in [2.05, 4.69) is 10.2 Å². The third-order valence-electron chi connectivity index (χ3n) is 3.71. The zero-order valence-electron chi connectivity index (χ0n) is 13.3. The van der Waals surface area contributed by atoms with Crippen molar-refractivity contribution in [1.29, 1.82) is 0 Å². The average Bonchev–Trinajstić information content (AvgIpc) is 2.85. The molecule has 0 aliphatic rings. The maximum absolute atomic E-state index is 12.9. The Morgan fingerprint density at radius 2 is 1.79 bits per heavy atom. The Morgan fingerprint density at radius 1 is 1.12 bits per heavy atom. The van der Waals surface area contributed by atoms with Crippen LogP contribution in [0.3, 0.4) is 0 Å². The molecule has 1 amide bonds. The number of hydrogen-bond donors (Lipinski definition) is 1. The molecule has 0 saturated carbocycles. The van der Waals surface area contributed by atoms with Crippen molar-refractivity contribution in [3.8, 4) is 5.88 Å². The Kier molecular flexibility index (Phi) is 4.12. The van der Waals surface area contributed by atoms with Gasteiger partial charge in [-0.15, -0.1) is 10.2 Å². The van der Waals surface area contributed by atoms with Crippen LogP contribution in [0.2, 0.25) is 0 Å². The predicted octanol–water partition coefficient (Wildman–Crippen LogP) is 4.99. The molecular weight excluding hydrogens is 309 g/mol. The zero-order valence-corrected chi connectivity index (χ0v) is 13.3. The summed E-state index contributed by atoms with van der Waals surface area (Å²) >= 11 is 0. The number of hydrogen-bond acceptors (Lipinski definition) is 3. The number of azo groups is 1. The number of rotatable bonds is 3. The van der Waals surface area contributed by atoms with Crippen LogP contribution in [0, 0.1) is 5.82 Å². The molecule has 3 aromatic rings. The van der Waals surface area contributed by atoms with Gasteiger partial charge >= 0.3 is 0 Å². The fraction of sp³-hybridized carbons (Fsp3) is 0.167. The maximum atomic E-state index is 12.9. The average molecular weight is 325 g/mol. The minimum atomic E-state index is -0.601. The van der Waals surface area contributed by atoms with E-state index in [1.165, 1.54) is 24.3 Å². The smallest absolute Gasteiger partial charge is 0.295 e. The molecule has 0 bridgehead atoms. The van der Waals surface area contributed by atoms with Gasteiger partial charge in [0.1, 0.15) is 5.82 Å². The van der Waals surface area contributed by atoms with Crippen molar-refractivity contribution in [2.75, 3.05) is 0 Å². The molecule has 1 N–H and O–H groups in total. The third-order valence-corrected chi connectivity index (χ3v) is 3.71. The van der Waals surface area contributed by atoms with Gasteiger partial charge in [0, 0.05) is 17.0 Å². The lowest BCUT2D eigenvalue weighted by molar-refractivity contribution is 0.0995. The van der Waals surface area contributed by atoms with E-state index in [-0.39, 0.29) is 23.2 Å². The standard InChI is InChI=1S/C18H16FN3O2/c1-11(2)22-15-6-4-3-5-14(15)16(18(22)24)20-21-17(23)12-7-9-13(19)10-8-12/h3-11,24H,1-2H3. The SMILES string of the molecule is CC(C)n1c(O)c(N=NC(=O)c2ccc(F)cc2)c2ccccc21. The van der Waals surface area contributed by atoms with Crippen LogP contribution in [0.5, 0.6) is 5.88 Å². The highest BCUT2D eigenvalue weighted by Gasteiger charge is 2.18. The Hall–Kier alpha value is -3.02. The number of carbonyl (C=O) groups excluding carboxylic acids is 1. The summed E-state index contributed by atoms with van der Waals surface area (Å²) in [5, 5.41) is 18.8. The van der Waals surface area contributed by atoms with E-state index in [4.69, 9.17) is 0 Å². The van der Waals surface area contributed by atoms with Gasteiger partial charge < -0.3 is 9.67 Å². The molecule has 1 aromatic heterocycles. The molecule has 0 atom stereocenters. The number of benzene rings is 2. The first kappa shape index (κ1) is 15.9. The van der Waals surface area contributed by atoms with E-state index < -0.39 is 11.7 Å². The van der Waals surface area contributed by atoms with Crippen LogP contribution in [0.25, 0.3) is 10.9 Å². The molecule has 5 nitrogen and oxygen atoms in total. The molecule has 24 heavy (non-hydrogen) atoms. The van der Waals surface area contributed by atoms with Crippen LogP contribution in [-0.2, 0) is 0 Å². The minimum Gasteiger partial charge on any atom is -0.493 e. The molecule has 0 fully saturated rings. The van der Waals surface area contributed by atoms with E-state index in [1.54, 1.807) is 4.57 Å². The van der Waals surface area contributed by atoms with E-state index in [9.17, 15) is 14.3 Å². The van der Waals surface area contributed by atoms with Crippen LogP contribution in [-0.4, -0.2) is 15.6 Å². The van der Waals surface area contributed by atoms with Crippen LogP contribution in [0.4, 0.5) is 10.1 Å². The first-order valence-electron chi connectivity index (χ1n) is 7.52. The summed E-state index contributed by atoms with van der Waals surface area (Å²) < 4.78 is 14.6. The normalized spacial score (nSPS) is 11.7. The third kappa shape index (κ3) is 2.78. The number of halogens is 1. The summed E-state index contributed by atoms with van der Waals surface area (Å²) in [5.74, 6) is -1.07. The molecule has 2 aromatic carbocycles. The first-order valence-corrected chi connectivity index (χ1v) is 7.52. The molecule has 0 radical (unpaired) electrons. The lowest BCUT2D eigenvalue weighted by Gasteiger charge is -2.10. The largest absolute Gasteiger partial charge is 0.493 e. The number of para-hydroxylation sites is 1. The molecule has 6 heteroatoms. The zero-order chi connectivity index (χ0) is 17.3. The Balaban J connectivity index is 2.02. The fourth-order valence-corrected chi connectivity index (χ4v) is 2.60. The van der Waals surface area contributed by atoms with Crippen molar-refractivity contribution >= 4 is 22.5 Å². The summed E-state index contributed by atoms with van der Waals surface area (Å²) in [6.45, 7) is 3.88. The molecular formula is C18H16FN3O2. The van der Waals surface area contributed by atoms with E-state index in [0.29, 0.717) is 5.39 Å². The lowest BCUT2D eigenvalue weighted by Crippen LogP contribution is -1.98. The fourth-order valence-electron chi connectivity index (χ4n) is 2.60. The summed E-state index contributed by atoms with van der Waals surface area (Å²) in [5.41, 5.74) is 1.29. The molecule has 0 aliphatic carbocycles. The van der Waals surface area contributed by atoms with Gasteiger partial charge in [0.05, 0.1) is 5.52 Å². The highest BCUT2D eigenvalue weighted by atomic mass is 19.1. The quantitative estimate of drug-likeness (QED) is 0.689.